The van der Waals surface area contributed by atoms with Crippen LogP contribution in [-0.2, 0) is 0 Å². The molecule has 0 saturated heterocycles. The second-order valence-corrected chi connectivity index (χ2v) is 0.940. The van der Waals surface area contributed by atoms with Crippen molar-refractivity contribution in [3.8, 4) is 0 Å². The van der Waals surface area contributed by atoms with E-state index >= 15 is 0 Å². The minimum Gasteiger partial charge on any atom is -0.888 e. The number of hydrogen-bond acceptors (Lipinski definition) is 2. The second kappa shape index (κ2) is 10.7. The van der Waals surface area contributed by atoms with Crippen molar-refractivity contribution in [3.63, 3.8) is 0 Å². The quantitative estimate of drug-likeness (QED) is 0.419. The van der Waals surface area contributed by atoms with Crippen LogP contribution in [0.3, 0.4) is 0 Å². The standard InChI is InChI=1S/C2BF3O2.2Cs/c4-1(2(5)6)3(7)8;;/q-2;2*+1. The van der Waals surface area contributed by atoms with Crippen LogP contribution in [0.25, 0.3) is 0 Å². The summed E-state index contributed by atoms with van der Waals surface area (Å²) < 4.78 is 32.7. The van der Waals surface area contributed by atoms with Gasteiger partial charge >= 0.3 is 138 Å². The molecule has 0 aromatic heterocycles. The van der Waals surface area contributed by atoms with Gasteiger partial charge in [0.05, 0.1) is 5.73 Å². The van der Waals surface area contributed by atoms with Gasteiger partial charge in [-0.05, 0) is 7.12 Å². The van der Waals surface area contributed by atoms with E-state index in [0.717, 1.165) is 0 Å². The van der Waals surface area contributed by atoms with Gasteiger partial charge in [-0.1, -0.05) is 0 Å². The van der Waals surface area contributed by atoms with Gasteiger partial charge in [0.25, 0.3) is 6.08 Å². The molecule has 0 unspecified atom stereocenters. The topological polar surface area (TPSA) is 46.1 Å². The molecule has 0 saturated carbocycles. The molecule has 0 aliphatic rings. The molecule has 0 aromatic rings. The van der Waals surface area contributed by atoms with E-state index in [-0.39, 0.29) is 138 Å². The van der Waals surface area contributed by atoms with E-state index < -0.39 is 18.9 Å². The minimum atomic E-state index is -3.19. The van der Waals surface area contributed by atoms with E-state index in [1.165, 1.54) is 0 Å². The predicted octanol–water partition coefficient (Wildman–Crippen LogP) is -7.18. The number of halogens is 3. The van der Waals surface area contributed by atoms with E-state index in [1.807, 2.05) is 0 Å². The van der Waals surface area contributed by atoms with Crippen LogP contribution >= 0.6 is 0 Å². The molecule has 0 rings (SSSR count). The summed E-state index contributed by atoms with van der Waals surface area (Å²) in [6, 6.07) is 0. The van der Waals surface area contributed by atoms with Crippen LogP contribution < -0.4 is 148 Å². The van der Waals surface area contributed by atoms with Crippen molar-refractivity contribution < 1.29 is 161 Å². The van der Waals surface area contributed by atoms with Crippen LogP contribution in [0.4, 0.5) is 13.2 Å². The van der Waals surface area contributed by atoms with Crippen molar-refractivity contribution in [2.24, 2.45) is 0 Å². The molecular weight excluding hydrogens is 390 g/mol. The van der Waals surface area contributed by atoms with E-state index in [1.54, 1.807) is 0 Å². The van der Waals surface area contributed by atoms with Gasteiger partial charge in [-0.15, -0.1) is 0 Å². The maximum Gasteiger partial charge on any atom is 1.00 e. The van der Waals surface area contributed by atoms with Gasteiger partial charge < -0.3 is 10.0 Å². The van der Waals surface area contributed by atoms with Crippen molar-refractivity contribution in [1.82, 2.24) is 0 Å². The summed E-state index contributed by atoms with van der Waals surface area (Å²) in [4.78, 5) is 0. The third-order valence-electron chi connectivity index (χ3n) is 0.387. The molecule has 0 atom stereocenters. The number of rotatable bonds is 1. The fourth-order valence-electron chi connectivity index (χ4n) is 0.0891. The van der Waals surface area contributed by atoms with Crippen molar-refractivity contribution in [2.75, 3.05) is 0 Å². The molecule has 10 heavy (non-hydrogen) atoms. The molecule has 2 nitrogen and oxygen atoms in total. The average molecular weight is 390 g/mol. The molecule has 8 heteroatoms. The smallest absolute Gasteiger partial charge is 0.888 e. The molecule has 0 radical (unpaired) electrons. The summed E-state index contributed by atoms with van der Waals surface area (Å²) in [5.41, 5.74) is -2.43. The largest absolute Gasteiger partial charge is 1.00 e. The molecule has 46 valence electrons. The van der Waals surface area contributed by atoms with Crippen LogP contribution in [0, 0.1) is 0 Å². The van der Waals surface area contributed by atoms with Crippen molar-refractivity contribution >= 4 is 7.12 Å². The van der Waals surface area contributed by atoms with E-state index in [2.05, 4.69) is 0 Å². The van der Waals surface area contributed by atoms with Crippen molar-refractivity contribution in [3.05, 3.63) is 11.8 Å². The van der Waals surface area contributed by atoms with Crippen LogP contribution in [0.5, 0.6) is 0 Å². The Kier molecular flexibility index (Phi) is 20.6. The zero-order chi connectivity index (χ0) is 6.73. The second-order valence-electron chi connectivity index (χ2n) is 0.940. The number of hydrogen-bond donors (Lipinski definition) is 0. The normalized spacial score (nSPS) is 6.90. The fourth-order valence-corrected chi connectivity index (χ4v) is 0.0891. The summed E-state index contributed by atoms with van der Waals surface area (Å²) in [6.07, 6.45) is -2.83. The maximum absolute atomic E-state index is 11.2. The Labute approximate surface area is 174 Å². The monoisotopic (exact) mass is 390 g/mol. The first-order chi connectivity index (χ1) is 3.55. The zero-order valence-corrected chi connectivity index (χ0v) is 18.1. The molecule has 0 fully saturated rings. The summed E-state index contributed by atoms with van der Waals surface area (Å²) >= 11 is 0. The third-order valence-corrected chi connectivity index (χ3v) is 0.387. The van der Waals surface area contributed by atoms with Gasteiger partial charge in [0, 0.05) is 0 Å². The van der Waals surface area contributed by atoms with Crippen molar-refractivity contribution in [1.29, 1.82) is 0 Å². The SMILES string of the molecule is [Cs+].[Cs+].[O-]B([O-])C(F)=C(F)F. The van der Waals surface area contributed by atoms with E-state index in [0.29, 0.717) is 0 Å². The molecule has 0 heterocycles. The Bertz CT molecular complexity index is 115. The van der Waals surface area contributed by atoms with Gasteiger partial charge in [0.15, 0.2) is 0 Å². The van der Waals surface area contributed by atoms with Crippen LogP contribution in [0.15, 0.2) is 11.8 Å². The first-order valence-corrected chi connectivity index (χ1v) is 1.58. The summed E-state index contributed by atoms with van der Waals surface area (Å²) in [7, 11) is -3.19. The predicted molar refractivity (Wildman–Crippen MR) is 16.1 cm³/mol. The Hall–Kier alpha value is 3.62. The molecule has 0 amide bonds. The Morgan fingerprint density at radius 2 is 1.30 bits per heavy atom. The Balaban J connectivity index is -0.000000245. The third kappa shape index (κ3) is 9.70. The molecule has 0 spiro atoms. The first kappa shape index (κ1) is 19.2. The summed E-state index contributed by atoms with van der Waals surface area (Å²) in [5, 5.41) is 18.4. The van der Waals surface area contributed by atoms with Crippen LogP contribution in [-0.4, -0.2) is 7.12 Å². The Morgan fingerprint density at radius 3 is 1.30 bits per heavy atom. The zero-order valence-electron chi connectivity index (χ0n) is 5.53. The van der Waals surface area contributed by atoms with Gasteiger partial charge in [-0.25, -0.2) is 4.39 Å². The fraction of sp³-hybridized carbons (Fsp3) is 0. The molecule has 0 aromatic carbocycles. The van der Waals surface area contributed by atoms with Gasteiger partial charge in [0.1, 0.15) is 0 Å². The van der Waals surface area contributed by atoms with Gasteiger partial charge in [-0.3, -0.25) is 0 Å². The van der Waals surface area contributed by atoms with Crippen LogP contribution in [0.1, 0.15) is 0 Å². The van der Waals surface area contributed by atoms with Gasteiger partial charge in [-0.2, -0.15) is 8.78 Å². The minimum absolute atomic E-state index is 0. The summed E-state index contributed by atoms with van der Waals surface area (Å²) in [6.45, 7) is 0. The molecule has 0 aliphatic carbocycles. The molecule has 0 N–H and O–H groups in total. The maximum atomic E-state index is 11.2. The van der Waals surface area contributed by atoms with E-state index in [4.69, 9.17) is 0 Å². The first-order valence-electron chi connectivity index (χ1n) is 1.58. The van der Waals surface area contributed by atoms with Crippen molar-refractivity contribution in [2.45, 2.75) is 0 Å². The molecule has 0 aliphatic heterocycles. The van der Waals surface area contributed by atoms with Gasteiger partial charge in [0.2, 0.25) is 0 Å². The molecule has 0 bridgehead atoms. The average Bonchev–Trinajstić information content (AvgIpc) is 1.64. The Morgan fingerprint density at radius 1 is 1.00 bits per heavy atom. The molecular formula is C2BCs2F3O2. The van der Waals surface area contributed by atoms with Crippen LogP contribution in [0.2, 0.25) is 0 Å². The van der Waals surface area contributed by atoms with E-state index in [9.17, 15) is 23.2 Å². The summed E-state index contributed by atoms with van der Waals surface area (Å²) in [5.74, 6) is 0.